The van der Waals surface area contributed by atoms with Crippen molar-refractivity contribution in [1.82, 2.24) is 10.5 Å². The van der Waals surface area contributed by atoms with Crippen LogP contribution < -0.4 is 5.32 Å². The Labute approximate surface area is 130 Å². The summed E-state index contributed by atoms with van der Waals surface area (Å²) in [4.78, 5) is 11.8. The molecule has 5 nitrogen and oxygen atoms in total. The molecule has 0 aliphatic heterocycles. The second kappa shape index (κ2) is 7.77. The number of halogens is 3. The highest BCUT2D eigenvalue weighted by Gasteiger charge is 2.27. The molecule has 2 rings (SSSR count). The van der Waals surface area contributed by atoms with Crippen molar-refractivity contribution in [3.05, 3.63) is 42.2 Å². The highest BCUT2D eigenvalue weighted by atomic mass is 19.4. The van der Waals surface area contributed by atoms with Gasteiger partial charge in [0.05, 0.1) is 0 Å². The molecule has 23 heavy (non-hydrogen) atoms. The number of ether oxygens (including phenoxy) is 1. The maximum absolute atomic E-state index is 11.8. The summed E-state index contributed by atoms with van der Waals surface area (Å²) in [6.45, 7) is -1.20. The van der Waals surface area contributed by atoms with Gasteiger partial charge in [-0.05, 0) is 6.42 Å². The van der Waals surface area contributed by atoms with Gasteiger partial charge in [-0.25, -0.2) is 0 Å². The third-order valence-corrected chi connectivity index (χ3v) is 2.82. The zero-order valence-corrected chi connectivity index (χ0v) is 12.1. The van der Waals surface area contributed by atoms with E-state index in [1.54, 1.807) is 0 Å². The first-order valence-corrected chi connectivity index (χ1v) is 6.90. The first-order valence-electron chi connectivity index (χ1n) is 6.90. The summed E-state index contributed by atoms with van der Waals surface area (Å²) >= 11 is 0. The van der Waals surface area contributed by atoms with Gasteiger partial charge in [0, 0.05) is 24.8 Å². The molecule has 1 amide bonds. The molecule has 1 N–H and O–H groups in total. The van der Waals surface area contributed by atoms with Crippen molar-refractivity contribution >= 4 is 5.91 Å². The van der Waals surface area contributed by atoms with Crippen LogP contribution in [0, 0.1) is 0 Å². The smallest absolute Gasteiger partial charge is 0.372 e. The van der Waals surface area contributed by atoms with Gasteiger partial charge in [0.2, 0.25) is 5.76 Å². The maximum Gasteiger partial charge on any atom is 0.411 e. The minimum Gasteiger partial charge on any atom is -0.372 e. The summed E-state index contributed by atoms with van der Waals surface area (Å²) in [5.74, 6) is -0.435. The van der Waals surface area contributed by atoms with E-state index in [0.29, 0.717) is 5.69 Å². The zero-order valence-electron chi connectivity index (χ0n) is 12.1. The van der Waals surface area contributed by atoms with Crippen molar-refractivity contribution in [2.24, 2.45) is 0 Å². The Morgan fingerprint density at radius 3 is 2.70 bits per heavy atom. The van der Waals surface area contributed by atoms with E-state index in [2.05, 4.69) is 15.2 Å². The third-order valence-electron chi connectivity index (χ3n) is 2.82. The molecule has 0 unspecified atom stereocenters. The Kier molecular flexibility index (Phi) is 5.75. The molecule has 1 aromatic heterocycles. The second-order valence-corrected chi connectivity index (χ2v) is 4.72. The highest BCUT2D eigenvalue weighted by Crippen LogP contribution is 2.18. The molecule has 2 aromatic rings. The van der Waals surface area contributed by atoms with E-state index in [-0.39, 0.29) is 25.3 Å². The van der Waals surface area contributed by atoms with Crippen molar-refractivity contribution < 1.29 is 27.2 Å². The molecule has 8 heteroatoms. The lowest BCUT2D eigenvalue weighted by atomic mass is 10.1. The average Bonchev–Trinajstić information content (AvgIpc) is 3.00. The Morgan fingerprint density at radius 1 is 1.26 bits per heavy atom. The molecule has 0 bridgehead atoms. The lowest BCUT2D eigenvalue weighted by molar-refractivity contribution is -0.173. The molecular weight excluding hydrogens is 313 g/mol. The predicted molar refractivity (Wildman–Crippen MR) is 75.8 cm³/mol. The van der Waals surface area contributed by atoms with Crippen molar-refractivity contribution in [3.63, 3.8) is 0 Å². The van der Waals surface area contributed by atoms with Gasteiger partial charge in [-0.1, -0.05) is 35.5 Å². The number of hydrogen-bond acceptors (Lipinski definition) is 4. The number of nitrogens with zero attached hydrogens (tertiary/aromatic N) is 1. The van der Waals surface area contributed by atoms with Crippen LogP contribution >= 0.6 is 0 Å². The molecule has 0 fully saturated rings. The number of carbonyl (C=O) groups excluding carboxylic acids is 1. The minimum atomic E-state index is -4.34. The SMILES string of the molecule is O=C(NCCCOCC(F)(F)F)c1cc(-c2ccccc2)no1. The summed E-state index contributed by atoms with van der Waals surface area (Å²) < 4.78 is 44.9. The van der Waals surface area contributed by atoms with Gasteiger partial charge in [0.15, 0.2) is 0 Å². The van der Waals surface area contributed by atoms with Crippen LogP contribution in [-0.4, -0.2) is 37.0 Å². The molecule has 0 aliphatic carbocycles. The van der Waals surface area contributed by atoms with Crippen molar-refractivity contribution in [2.45, 2.75) is 12.6 Å². The second-order valence-electron chi connectivity index (χ2n) is 4.72. The fraction of sp³-hybridized carbons (Fsp3) is 0.333. The lowest BCUT2D eigenvalue weighted by Crippen LogP contribution is -2.25. The maximum atomic E-state index is 11.8. The molecule has 0 saturated carbocycles. The van der Waals surface area contributed by atoms with Crippen LogP contribution in [0.1, 0.15) is 17.0 Å². The molecule has 1 aromatic carbocycles. The first-order chi connectivity index (χ1) is 11.0. The summed E-state index contributed by atoms with van der Waals surface area (Å²) in [5.41, 5.74) is 1.35. The van der Waals surface area contributed by atoms with Gasteiger partial charge in [0.1, 0.15) is 12.3 Å². The quantitative estimate of drug-likeness (QED) is 0.794. The number of rotatable bonds is 7. The van der Waals surface area contributed by atoms with Crippen LogP contribution in [0.2, 0.25) is 0 Å². The fourth-order valence-corrected chi connectivity index (χ4v) is 1.78. The molecule has 0 saturated heterocycles. The monoisotopic (exact) mass is 328 g/mol. The first kappa shape index (κ1) is 17.0. The van der Waals surface area contributed by atoms with Gasteiger partial charge < -0.3 is 14.6 Å². The largest absolute Gasteiger partial charge is 0.411 e. The third kappa shape index (κ3) is 5.74. The number of hydrogen-bond donors (Lipinski definition) is 1. The van der Waals surface area contributed by atoms with E-state index < -0.39 is 18.7 Å². The van der Waals surface area contributed by atoms with Gasteiger partial charge in [-0.3, -0.25) is 4.79 Å². The molecule has 0 spiro atoms. The summed E-state index contributed by atoms with van der Waals surface area (Å²) in [6, 6.07) is 10.7. The van der Waals surface area contributed by atoms with E-state index >= 15 is 0 Å². The van der Waals surface area contributed by atoms with E-state index in [0.717, 1.165) is 5.56 Å². The van der Waals surface area contributed by atoms with Crippen molar-refractivity contribution in [3.8, 4) is 11.3 Å². The van der Waals surface area contributed by atoms with E-state index in [4.69, 9.17) is 4.52 Å². The standard InChI is InChI=1S/C15H15F3N2O3/c16-15(17,18)10-22-8-4-7-19-14(21)13-9-12(20-23-13)11-5-2-1-3-6-11/h1-3,5-6,9H,4,7-8,10H2,(H,19,21). The molecule has 0 radical (unpaired) electrons. The highest BCUT2D eigenvalue weighted by molar-refractivity contribution is 5.92. The minimum absolute atomic E-state index is 0.0417. The number of amides is 1. The van der Waals surface area contributed by atoms with Gasteiger partial charge in [-0.15, -0.1) is 0 Å². The number of benzene rings is 1. The number of aromatic nitrogens is 1. The predicted octanol–water partition coefficient (Wildman–Crippen LogP) is 3.04. The Balaban J connectivity index is 1.73. The number of alkyl halides is 3. The van der Waals surface area contributed by atoms with Gasteiger partial charge in [0.25, 0.3) is 5.91 Å². The van der Waals surface area contributed by atoms with Crippen molar-refractivity contribution in [1.29, 1.82) is 0 Å². The van der Waals surface area contributed by atoms with Crippen LogP contribution in [0.4, 0.5) is 13.2 Å². The van der Waals surface area contributed by atoms with Crippen LogP contribution in [0.3, 0.4) is 0 Å². The molecular formula is C15H15F3N2O3. The van der Waals surface area contributed by atoms with Crippen LogP contribution in [-0.2, 0) is 4.74 Å². The summed E-state index contributed by atoms with van der Waals surface area (Å²) in [7, 11) is 0. The van der Waals surface area contributed by atoms with Gasteiger partial charge >= 0.3 is 6.18 Å². The molecule has 0 aliphatic rings. The van der Waals surface area contributed by atoms with E-state index in [9.17, 15) is 18.0 Å². The fourth-order valence-electron chi connectivity index (χ4n) is 1.78. The van der Waals surface area contributed by atoms with E-state index in [1.165, 1.54) is 6.07 Å². The summed E-state index contributed by atoms with van der Waals surface area (Å²) in [6.07, 6.45) is -4.07. The molecule has 0 atom stereocenters. The topological polar surface area (TPSA) is 64.4 Å². The Hall–Kier alpha value is -2.35. The van der Waals surface area contributed by atoms with Gasteiger partial charge in [-0.2, -0.15) is 13.2 Å². The number of carbonyl (C=O) groups is 1. The number of nitrogens with one attached hydrogen (secondary N) is 1. The molecule has 1 heterocycles. The van der Waals surface area contributed by atoms with E-state index in [1.807, 2.05) is 30.3 Å². The van der Waals surface area contributed by atoms with Crippen LogP contribution in [0.25, 0.3) is 11.3 Å². The Bertz CT molecular complexity index is 626. The normalized spacial score (nSPS) is 11.4. The van der Waals surface area contributed by atoms with Crippen LogP contribution in [0.15, 0.2) is 40.9 Å². The lowest BCUT2D eigenvalue weighted by Gasteiger charge is -2.07. The Morgan fingerprint density at radius 2 is 2.00 bits per heavy atom. The summed E-state index contributed by atoms with van der Waals surface area (Å²) in [5, 5.41) is 6.33. The van der Waals surface area contributed by atoms with Crippen LogP contribution in [0.5, 0.6) is 0 Å². The average molecular weight is 328 g/mol. The zero-order chi connectivity index (χ0) is 16.7. The van der Waals surface area contributed by atoms with Crippen molar-refractivity contribution in [2.75, 3.05) is 19.8 Å². The molecule has 124 valence electrons.